The minimum atomic E-state index is -0.184. The SMILES string of the molecule is O=[N+]([O-])CC1(Sc2ccccc2)[C@@H]2CC3C[C@H]1CC(I)(C3)C2. The van der Waals surface area contributed by atoms with Crippen molar-refractivity contribution in [3.8, 4) is 0 Å². The van der Waals surface area contributed by atoms with Gasteiger partial charge in [-0.05, 0) is 62.0 Å². The molecule has 0 heterocycles. The van der Waals surface area contributed by atoms with Crippen molar-refractivity contribution in [3.63, 3.8) is 0 Å². The van der Waals surface area contributed by atoms with Gasteiger partial charge in [0, 0.05) is 13.2 Å². The Bertz CT molecular complexity index is 578. The quantitative estimate of drug-likeness (QED) is 0.299. The standard InChI is InChI=1S/C17H20INO2S/c18-16-8-12-6-13(9-16)17(11-19(20)21,14(7-12)10-16)22-15-4-2-1-3-5-15/h1-5,12-14H,6-11H2/t12?,13-,14+,16?,17?. The number of halogens is 1. The van der Waals surface area contributed by atoms with Gasteiger partial charge in [0.25, 0.3) is 0 Å². The lowest BCUT2D eigenvalue weighted by molar-refractivity contribution is -0.490. The Labute approximate surface area is 148 Å². The van der Waals surface area contributed by atoms with Crippen LogP contribution in [-0.4, -0.2) is 19.6 Å². The third-order valence-electron chi connectivity index (χ3n) is 5.92. The fourth-order valence-electron chi connectivity index (χ4n) is 5.33. The molecule has 5 heteroatoms. The third-order valence-corrected chi connectivity index (χ3v) is 8.93. The van der Waals surface area contributed by atoms with E-state index >= 15 is 0 Å². The van der Waals surface area contributed by atoms with Crippen molar-refractivity contribution in [3.05, 3.63) is 40.4 Å². The van der Waals surface area contributed by atoms with Crippen LogP contribution in [0.25, 0.3) is 0 Å². The van der Waals surface area contributed by atoms with Crippen LogP contribution in [-0.2, 0) is 0 Å². The Balaban J connectivity index is 1.71. The highest BCUT2D eigenvalue weighted by Crippen LogP contribution is 2.67. The molecule has 4 fully saturated rings. The minimum Gasteiger partial charge on any atom is -0.264 e. The molecule has 4 aliphatic carbocycles. The largest absolute Gasteiger partial charge is 0.264 e. The van der Waals surface area contributed by atoms with E-state index in [9.17, 15) is 10.1 Å². The zero-order chi connectivity index (χ0) is 15.4. The van der Waals surface area contributed by atoms with Crippen molar-refractivity contribution >= 4 is 34.4 Å². The molecule has 0 amide bonds. The first-order valence-corrected chi connectivity index (χ1v) is 9.93. The normalized spacial score (nSPS) is 42.5. The van der Waals surface area contributed by atoms with Gasteiger partial charge in [-0.3, -0.25) is 10.1 Å². The Kier molecular flexibility index (Phi) is 3.72. The first kappa shape index (κ1) is 15.2. The topological polar surface area (TPSA) is 43.1 Å². The van der Waals surface area contributed by atoms with Crippen LogP contribution in [0.4, 0.5) is 0 Å². The molecule has 118 valence electrons. The second-order valence-corrected chi connectivity index (χ2v) is 11.1. The molecule has 0 aliphatic heterocycles. The number of hydrogen-bond donors (Lipinski definition) is 0. The summed E-state index contributed by atoms with van der Waals surface area (Å²) in [4.78, 5) is 12.6. The molecule has 5 atom stereocenters. The van der Waals surface area contributed by atoms with Gasteiger partial charge >= 0.3 is 0 Å². The van der Waals surface area contributed by atoms with Crippen LogP contribution < -0.4 is 0 Å². The molecule has 0 radical (unpaired) electrons. The van der Waals surface area contributed by atoms with Crippen molar-refractivity contribution in [1.82, 2.24) is 0 Å². The molecule has 5 rings (SSSR count). The molecule has 3 nitrogen and oxygen atoms in total. The van der Waals surface area contributed by atoms with Gasteiger partial charge in [0.15, 0.2) is 0 Å². The van der Waals surface area contributed by atoms with Crippen molar-refractivity contribution in [2.45, 2.75) is 45.2 Å². The maximum absolute atomic E-state index is 11.5. The molecular weight excluding hydrogens is 409 g/mol. The maximum atomic E-state index is 11.5. The Hall–Kier alpha value is -0.300. The molecule has 22 heavy (non-hydrogen) atoms. The first-order chi connectivity index (χ1) is 10.5. The summed E-state index contributed by atoms with van der Waals surface area (Å²) in [6.45, 7) is 0.126. The van der Waals surface area contributed by atoms with Crippen molar-refractivity contribution in [1.29, 1.82) is 0 Å². The molecule has 4 aliphatic rings. The van der Waals surface area contributed by atoms with Crippen LogP contribution in [0.5, 0.6) is 0 Å². The van der Waals surface area contributed by atoms with Crippen LogP contribution in [0.1, 0.15) is 32.1 Å². The van der Waals surface area contributed by atoms with Gasteiger partial charge in [-0.1, -0.05) is 40.8 Å². The number of rotatable bonds is 4. The predicted molar refractivity (Wildman–Crippen MR) is 97.2 cm³/mol. The molecule has 0 N–H and O–H groups in total. The van der Waals surface area contributed by atoms with E-state index in [0.29, 0.717) is 15.3 Å². The second kappa shape index (κ2) is 5.36. The van der Waals surface area contributed by atoms with Crippen LogP contribution in [0.3, 0.4) is 0 Å². The van der Waals surface area contributed by atoms with Gasteiger partial charge in [-0.25, -0.2) is 0 Å². The molecular formula is C17H20INO2S. The lowest BCUT2D eigenvalue weighted by Crippen LogP contribution is -2.62. The number of alkyl halides is 1. The monoisotopic (exact) mass is 429 g/mol. The van der Waals surface area contributed by atoms with E-state index in [0.717, 1.165) is 5.92 Å². The fraction of sp³-hybridized carbons (Fsp3) is 0.647. The summed E-state index contributed by atoms with van der Waals surface area (Å²) in [6, 6.07) is 10.3. The maximum Gasteiger partial charge on any atom is 0.219 e. The van der Waals surface area contributed by atoms with E-state index in [-0.39, 0.29) is 16.2 Å². The van der Waals surface area contributed by atoms with E-state index in [1.807, 2.05) is 30.0 Å². The summed E-state index contributed by atoms with van der Waals surface area (Å²) in [5, 5.41) is 11.5. The van der Waals surface area contributed by atoms with Crippen molar-refractivity contribution in [2.75, 3.05) is 6.54 Å². The minimum absolute atomic E-state index is 0.0575. The molecule has 0 saturated heterocycles. The molecule has 3 unspecified atom stereocenters. The summed E-state index contributed by atoms with van der Waals surface area (Å²) in [6.07, 6.45) is 6.09. The lowest BCUT2D eigenvalue weighted by atomic mass is 9.51. The van der Waals surface area contributed by atoms with Crippen LogP contribution in [0.15, 0.2) is 35.2 Å². The highest BCUT2D eigenvalue weighted by molar-refractivity contribution is 14.1. The van der Waals surface area contributed by atoms with Gasteiger partial charge < -0.3 is 0 Å². The van der Waals surface area contributed by atoms with E-state index in [1.165, 1.54) is 37.0 Å². The highest BCUT2D eigenvalue weighted by atomic mass is 127. The zero-order valence-corrected chi connectivity index (χ0v) is 15.4. The molecule has 4 saturated carbocycles. The smallest absolute Gasteiger partial charge is 0.219 e. The molecule has 4 bridgehead atoms. The Morgan fingerprint density at radius 2 is 1.82 bits per heavy atom. The highest BCUT2D eigenvalue weighted by Gasteiger charge is 2.63. The Morgan fingerprint density at radius 3 is 2.36 bits per heavy atom. The van der Waals surface area contributed by atoms with Gasteiger partial charge in [0.2, 0.25) is 6.54 Å². The predicted octanol–water partition coefficient (Wildman–Crippen LogP) is 4.81. The number of thioether (sulfide) groups is 1. The van der Waals surface area contributed by atoms with Gasteiger partial charge in [-0.2, -0.15) is 0 Å². The van der Waals surface area contributed by atoms with Crippen LogP contribution >= 0.6 is 34.4 Å². The molecule has 1 aromatic rings. The Morgan fingerprint density at radius 1 is 1.18 bits per heavy atom. The molecule has 1 aromatic carbocycles. The number of nitrogens with zero attached hydrogens (tertiary/aromatic N) is 1. The van der Waals surface area contributed by atoms with E-state index in [4.69, 9.17) is 0 Å². The summed E-state index contributed by atoms with van der Waals surface area (Å²) in [7, 11) is 0. The van der Waals surface area contributed by atoms with Crippen molar-refractivity contribution < 1.29 is 4.92 Å². The van der Waals surface area contributed by atoms with Crippen LogP contribution in [0.2, 0.25) is 0 Å². The average Bonchev–Trinajstić information content (AvgIpc) is 2.43. The summed E-state index contributed by atoms with van der Waals surface area (Å²) in [5.74, 6) is 1.82. The van der Waals surface area contributed by atoms with E-state index in [2.05, 4.69) is 34.7 Å². The summed E-state index contributed by atoms with van der Waals surface area (Å²) in [5.41, 5.74) is 0. The fourth-order valence-corrected chi connectivity index (χ4v) is 8.61. The molecule has 0 spiro atoms. The van der Waals surface area contributed by atoms with E-state index < -0.39 is 0 Å². The zero-order valence-electron chi connectivity index (χ0n) is 12.4. The number of nitro groups is 1. The van der Waals surface area contributed by atoms with Crippen LogP contribution in [0, 0.1) is 27.9 Å². The number of hydrogen-bond acceptors (Lipinski definition) is 3. The first-order valence-electron chi connectivity index (χ1n) is 8.04. The van der Waals surface area contributed by atoms with Gasteiger partial charge in [0.1, 0.15) is 0 Å². The summed E-state index contributed by atoms with van der Waals surface area (Å²) < 4.78 is 0.238. The third kappa shape index (κ3) is 2.48. The lowest BCUT2D eigenvalue weighted by Gasteiger charge is -2.62. The second-order valence-electron chi connectivity index (χ2n) is 7.36. The van der Waals surface area contributed by atoms with E-state index in [1.54, 1.807) is 0 Å². The van der Waals surface area contributed by atoms with Gasteiger partial charge in [-0.15, -0.1) is 11.8 Å². The van der Waals surface area contributed by atoms with Crippen molar-refractivity contribution in [2.24, 2.45) is 17.8 Å². The molecule has 0 aromatic heterocycles. The summed E-state index contributed by atoms with van der Waals surface area (Å²) >= 11 is 4.48. The number of benzene rings is 1. The average molecular weight is 429 g/mol. The van der Waals surface area contributed by atoms with Gasteiger partial charge in [0.05, 0.1) is 4.75 Å².